The van der Waals surface area contributed by atoms with Crippen LogP contribution in [0.1, 0.15) is 32.8 Å². The summed E-state index contributed by atoms with van der Waals surface area (Å²) in [5.41, 5.74) is 0.977. The predicted molar refractivity (Wildman–Crippen MR) is 124 cm³/mol. The van der Waals surface area contributed by atoms with Gasteiger partial charge in [-0.05, 0) is 64.8 Å². The Bertz CT molecular complexity index is 778. The molecular weight excluding hydrogens is 479 g/mol. The minimum Gasteiger partial charge on any atom is -0.484 e. The summed E-state index contributed by atoms with van der Waals surface area (Å²) in [5, 5.41) is 2.96. The summed E-state index contributed by atoms with van der Waals surface area (Å²) in [5.74, 6) is 0.647. The Hall–Kier alpha value is -2.09. The molecule has 2 amide bonds. The van der Waals surface area contributed by atoms with E-state index in [1.807, 2.05) is 75.4 Å². The topological polar surface area (TPSA) is 58.6 Å². The van der Waals surface area contributed by atoms with E-state index >= 15 is 0 Å². The van der Waals surface area contributed by atoms with Crippen molar-refractivity contribution in [1.82, 2.24) is 10.2 Å². The fraction of sp³-hybridized carbons (Fsp3) is 0.391. The van der Waals surface area contributed by atoms with Gasteiger partial charge in [0.1, 0.15) is 11.8 Å². The first-order valence-corrected chi connectivity index (χ1v) is 11.0. The van der Waals surface area contributed by atoms with Gasteiger partial charge in [-0.15, -0.1) is 0 Å². The Morgan fingerprint density at radius 1 is 1.07 bits per heavy atom. The molecule has 2 aromatic rings. The first-order valence-electron chi connectivity index (χ1n) is 9.90. The third-order valence-electron chi connectivity index (χ3n) is 4.44. The lowest BCUT2D eigenvalue weighted by Crippen LogP contribution is -2.50. The van der Waals surface area contributed by atoms with Crippen LogP contribution in [-0.4, -0.2) is 35.9 Å². The molecular formula is C23H29IN2O3. The number of carbonyl (C=O) groups is 2. The van der Waals surface area contributed by atoms with Crippen molar-refractivity contribution in [3.63, 3.8) is 0 Å². The zero-order valence-electron chi connectivity index (χ0n) is 17.2. The molecule has 0 radical (unpaired) electrons. The molecule has 0 aliphatic carbocycles. The number of benzene rings is 2. The maximum atomic E-state index is 13.1. The quantitative estimate of drug-likeness (QED) is 0.489. The maximum Gasteiger partial charge on any atom is 0.261 e. The van der Waals surface area contributed by atoms with Crippen LogP contribution < -0.4 is 10.1 Å². The second kappa shape index (κ2) is 11.8. The molecule has 0 aliphatic heterocycles. The van der Waals surface area contributed by atoms with Crippen molar-refractivity contribution in [2.45, 2.75) is 39.8 Å². The number of carbonyl (C=O) groups excluding carboxylic acids is 2. The number of nitrogens with zero attached hydrogens (tertiary/aromatic N) is 1. The molecule has 0 saturated carbocycles. The summed E-state index contributed by atoms with van der Waals surface area (Å²) in [7, 11) is 0. The molecule has 1 N–H and O–H groups in total. The van der Waals surface area contributed by atoms with Gasteiger partial charge in [0.05, 0.1) is 0 Å². The van der Waals surface area contributed by atoms with Gasteiger partial charge in [-0.1, -0.05) is 51.1 Å². The standard InChI is InChI=1S/C23H29IN2O3/c1-4-21(23(28)25-14-17(2)3)26(15-18-8-6-5-7-9-18)22(27)16-29-20-12-10-19(24)11-13-20/h5-13,17,21H,4,14-16H2,1-3H3,(H,25,28). The molecule has 156 valence electrons. The fourth-order valence-corrected chi connectivity index (χ4v) is 3.24. The van der Waals surface area contributed by atoms with Crippen LogP contribution in [0.15, 0.2) is 54.6 Å². The molecule has 0 aliphatic rings. The molecule has 5 nitrogen and oxygen atoms in total. The van der Waals surface area contributed by atoms with Crippen molar-refractivity contribution in [1.29, 1.82) is 0 Å². The Morgan fingerprint density at radius 2 is 1.72 bits per heavy atom. The van der Waals surface area contributed by atoms with Gasteiger partial charge in [-0.2, -0.15) is 0 Å². The average molecular weight is 508 g/mol. The van der Waals surface area contributed by atoms with Gasteiger partial charge in [0.25, 0.3) is 5.91 Å². The molecule has 0 fully saturated rings. The molecule has 0 spiro atoms. The minimum absolute atomic E-state index is 0.110. The number of hydrogen-bond acceptors (Lipinski definition) is 3. The number of rotatable bonds is 10. The van der Waals surface area contributed by atoms with Gasteiger partial charge < -0.3 is 15.0 Å². The number of amides is 2. The molecule has 0 bridgehead atoms. The Balaban J connectivity index is 2.14. The zero-order valence-corrected chi connectivity index (χ0v) is 19.4. The lowest BCUT2D eigenvalue weighted by atomic mass is 10.1. The second-order valence-corrected chi connectivity index (χ2v) is 8.56. The number of halogens is 1. The molecule has 29 heavy (non-hydrogen) atoms. The van der Waals surface area contributed by atoms with Crippen molar-refractivity contribution in [3.05, 3.63) is 63.7 Å². The van der Waals surface area contributed by atoms with Gasteiger partial charge in [0.15, 0.2) is 6.61 Å². The van der Waals surface area contributed by atoms with E-state index in [9.17, 15) is 9.59 Å². The molecule has 0 saturated heterocycles. The molecule has 6 heteroatoms. The number of ether oxygens (including phenoxy) is 1. The summed E-state index contributed by atoms with van der Waals surface area (Å²) < 4.78 is 6.78. The van der Waals surface area contributed by atoms with Crippen LogP contribution in [-0.2, 0) is 16.1 Å². The highest BCUT2D eigenvalue weighted by atomic mass is 127. The summed E-state index contributed by atoms with van der Waals surface area (Å²) >= 11 is 2.22. The molecule has 1 unspecified atom stereocenters. The summed E-state index contributed by atoms with van der Waals surface area (Å²) in [6, 6.07) is 16.7. The van der Waals surface area contributed by atoms with Crippen LogP contribution in [0, 0.1) is 9.49 Å². The lowest BCUT2D eigenvalue weighted by molar-refractivity contribution is -0.143. The SMILES string of the molecule is CCC(C(=O)NCC(C)C)N(Cc1ccccc1)C(=O)COc1ccc(I)cc1. The predicted octanol–water partition coefficient (Wildman–Crippen LogP) is 4.25. The highest BCUT2D eigenvalue weighted by Crippen LogP contribution is 2.16. The van der Waals surface area contributed by atoms with Crippen LogP contribution in [0.25, 0.3) is 0 Å². The Morgan fingerprint density at radius 3 is 2.31 bits per heavy atom. The van der Waals surface area contributed by atoms with Gasteiger partial charge >= 0.3 is 0 Å². The van der Waals surface area contributed by atoms with Crippen LogP contribution in [0.3, 0.4) is 0 Å². The summed E-state index contributed by atoms with van der Waals surface area (Å²) in [4.78, 5) is 27.5. The molecule has 2 aromatic carbocycles. The molecule has 1 atom stereocenters. The lowest BCUT2D eigenvalue weighted by Gasteiger charge is -2.30. The first kappa shape index (κ1) is 23.2. The zero-order chi connectivity index (χ0) is 21.2. The van der Waals surface area contributed by atoms with Crippen molar-refractivity contribution in [2.24, 2.45) is 5.92 Å². The Labute approximate surface area is 187 Å². The minimum atomic E-state index is -0.540. The van der Waals surface area contributed by atoms with E-state index in [1.165, 1.54) is 0 Å². The van der Waals surface area contributed by atoms with Gasteiger partial charge in [-0.3, -0.25) is 9.59 Å². The molecule has 0 aromatic heterocycles. The van der Waals surface area contributed by atoms with Crippen molar-refractivity contribution in [2.75, 3.05) is 13.2 Å². The first-order chi connectivity index (χ1) is 13.9. The summed E-state index contributed by atoms with van der Waals surface area (Å²) in [6.45, 7) is 6.85. The van der Waals surface area contributed by atoms with Crippen LogP contribution >= 0.6 is 22.6 Å². The van der Waals surface area contributed by atoms with Crippen molar-refractivity contribution < 1.29 is 14.3 Å². The number of hydrogen-bond donors (Lipinski definition) is 1. The van der Waals surface area contributed by atoms with Crippen LogP contribution in [0.2, 0.25) is 0 Å². The second-order valence-electron chi connectivity index (χ2n) is 7.31. The molecule has 2 rings (SSSR count). The van der Waals surface area contributed by atoms with E-state index in [4.69, 9.17) is 4.74 Å². The number of nitrogens with one attached hydrogen (secondary N) is 1. The normalized spacial score (nSPS) is 11.8. The average Bonchev–Trinajstić information content (AvgIpc) is 2.72. The largest absolute Gasteiger partial charge is 0.484 e. The Kier molecular flexibility index (Phi) is 9.44. The smallest absolute Gasteiger partial charge is 0.261 e. The van der Waals surface area contributed by atoms with E-state index in [-0.39, 0.29) is 18.4 Å². The third-order valence-corrected chi connectivity index (χ3v) is 5.16. The van der Waals surface area contributed by atoms with Crippen LogP contribution in [0.4, 0.5) is 0 Å². The highest BCUT2D eigenvalue weighted by molar-refractivity contribution is 14.1. The van der Waals surface area contributed by atoms with E-state index in [1.54, 1.807) is 4.90 Å². The maximum absolute atomic E-state index is 13.1. The van der Waals surface area contributed by atoms with Gasteiger partial charge in [0.2, 0.25) is 5.91 Å². The molecule has 0 heterocycles. The van der Waals surface area contributed by atoms with Gasteiger partial charge in [0, 0.05) is 16.7 Å². The fourth-order valence-electron chi connectivity index (χ4n) is 2.88. The van der Waals surface area contributed by atoms with Crippen LogP contribution in [0.5, 0.6) is 5.75 Å². The van der Waals surface area contributed by atoms with E-state index in [0.29, 0.717) is 31.2 Å². The van der Waals surface area contributed by atoms with Crippen molar-refractivity contribution in [3.8, 4) is 5.75 Å². The summed E-state index contributed by atoms with van der Waals surface area (Å²) in [6.07, 6.45) is 0.534. The van der Waals surface area contributed by atoms with E-state index < -0.39 is 6.04 Å². The third kappa shape index (κ3) is 7.68. The highest BCUT2D eigenvalue weighted by Gasteiger charge is 2.28. The van der Waals surface area contributed by atoms with E-state index in [2.05, 4.69) is 27.9 Å². The van der Waals surface area contributed by atoms with Gasteiger partial charge in [-0.25, -0.2) is 0 Å². The monoisotopic (exact) mass is 508 g/mol. The van der Waals surface area contributed by atoms with E-state index in [0.717, 1.165) is 9.13 Å². The van der Waals surface area contributed by atoms with Crippen molar-refractivity contribution >= 4 is 34.4 Å².